The summed E-state index contributed by atoms with van der Waals surface area (Å²) < 4.78 is 5.10. The van der Waals surface area contributed by atoms with Gasteiger partial charge in [0.1, 0.15) is 0 Å². The lowest BCUT2D eigenvalue weighted by molar-refractivity contribution is 0.185. The molecule has 1 N–H and O–H groups in total. The largest absolute Gasteiger partial charge is 0.380 e. The molecule has 0 aliphatic heterocycles. The molecule has 0 radical (unpaired) electrons. The zero-order chi connectivity index (χ0) is 11.9. The van der Waals surface area contributed by atoms with Gasteiger partial charge in [-0.3, -0.25) is 0 Å². The lowest BCUT2D eigenvalue weighted by atomic mass is 10.1. The maximum Gasteiger partial charge on any atom is 0.0713 e. The van der Waals surface area contributed by atoms with E-state index in [1.165, 1.54) is 49.8 Å². The summed E-state index contributed by atoms with van der Waals surface area (Å²) in [6, 6.07) is 9.64. The summed E-state index contributed by atoms with van der Waals surface area (Å²) in [4.78, 5) is 0. The van der Waals surface area contributed by atoms with Crippen LogP contribution in [0.1, 0.15) is 36.8 Å². The van der Waals surface area contributed by atoms with Crippen molar-refractivity contribution < 1.29 is 4.74 Å². The molecule has 1 fully saturated rings. The van der Waals surface area contributed by atoms with Gasteiger partial charge in [0.2, 0.25) is 0 Å². The Morgan fingerprint density at radius 3 is 2.47 bits per heavy atom. The molecular formula is C15H23NO. The molecule has 17 heavy (non-hydrogen) atoms. The first-order chi connectivity index (χ1) is 8.38. The van der Waals surface area contributed by atoms with E-state index in [9.17, 15) is 0 Å². The van der Waals surface area contributed by atoms with Gasteiger partial charge >= 0.3 is 0 Å². The predicted octanol–water partition coefficient (Wildman–Crippen LogP) is 2.91. The van der Waals surface area contributed by atoms with E-state index in [-0.39, 0.29) is 0 Å². The fourth-order valence-electron chi connectivity index (χ4n) is 2.02. The van der Waals surface area contributed by atoms with Gasteiger partial charge in [-0.05, 0) is 49.8 Å². The average Bonchev–Trinajstić information content (AvgIpc) is 3.15. The Morgan fingerprint density at radius 2 is 1.82 bits per heavy atom. The van der Waals surface area contributed by atoms with Crippen LogP contribution in [0.15, 0.2) is 24.3 Å². The molecule has 0 amide bonds. The van der Waals surface area contributed by atoms with Gasteiger partial charge in [-0.2, -0.15) is 0 Å². The molecule has 94 valence electrons. The molecule has 0 heterocycles. The van der Waals surface area contributed by atoms with Crippen LogP contribution in [-0.4, -0.2) is 19.7 Å². The predicted molar refractivity (Wildman–Crippen MR) is 71.1 cm³/mol. The third-order valence-electron chi connectivity index (χ3n) is 3.24. The Hall–Kier alpha value is -0.860. The van der Waals surface area contributed by atoms with E-state index in [0.29, 0.717) is 6.61 Å². The Balaban J connectivity index is 1.60. The minimum Gasteiger partial charge on any atom is -0.380 e. The lowest BCUT2D eigenvalue weighted by Crippen LogP contribution is -2.17. The Bertz CT molecular complexity index is 316. The number of unbranched alkanes of at least 4 members (excludes halogenated alkanes) is 1. The summed E-state index contributed by atoms with van der Waals surface area (Å²) in [7, 11) is 1.74. The van der Waals surface area contributed by atoms with Crippen molar-refractivity contribution in [1.29, 1.82) is 0 Å². The average molecular weight is 233 g/mol. The summed E-state index contributed by atoms with van der Waals surface area (Å²) in [5.74, 6) is 0. The highest BCUT2D eigenvalue weighted by atomic mass is 16.5. The van der Waals surface area contributed by atoms with Gasteiger partial charge < -0.3 is 10.1 Å². The van der Waals surface area contributed by atoms with Crippen LogP contribution >= 0.6 is 0 Å². The monoisotopic (exact) mass is 233 g/mol. The van der Waals surface area contributed by atoms with Gasteiger partial charge in [0.05, 0.1) is 6.61 Å². The second-order valence-electron chi connectivity index (χ2n) is 4.94. The zero-order valence-electron chi connectivity index (χ0n) is 10.7. The van der Waals surface area contributed by atoms with E-state index in [4.69, 9.17) is 4.74 Å². The minimum atomic E-state index is 0.714. The van der Waals surface area contributed by atoms with Crippen LogP contribution in [0, 0.1) is 0 Å². The SMILES string of the molecule is COCc1ccc(CCCCNC2CC2)cc1. The highest BCUT2D eigenvalue weighted by molar-refractivity contribution is 5.22. The highest BCUT2D eigenvalue weighted by Gasteiger charge is 2.19. The van der Waals surface area contributed by atoms with Crippen molar-refractivity contribution in [3.63, 3.8) is 0 Å². The Labute approximate surface area is 104 Å². The molecule has 1 aromatic carbocycles. The van der Waals surface area contributed by atoms with Crippen molar-refractivity contribution in [2.45, 2.75) is 44.8 Å². The highest BCUT2D eigenvalue weighted by Crippen LogP contribution is 2.18. The number of hydrogen-bond acceptors (Lipinski definition) is 2. The van der Waals surface area contributed by atoms with Crippen molar-refractivity contribution in [2.75, 3.05) is 13.7 Å². The van der Waals surface area contributed by atoms with Crippen molar-refractivity contribution >= 4 is 0 Å². The van der Waals surface area contributed by atoms with E-state index >= 15 is 0 Å². The molecule has 1 saturated carbocycles. The molecular weight excluding hydrogens is 210 g/mol. The van der Waals surface area contributed by atoms with Gasteiger partial charge in [0.15, 0.2) is 0 Å². The van der Waals surface area contributed by atoms with E-state index in [1.54, 1.807) is 7.11 Å². The van der Waals surface area contributed by atoms with Crippen LogP contribution in [-0.2, 0) is 17.8 Å². The Morgan fingerprint density at radius 1 is 1.12 bits per heavy atom. The smallest absolute Gasteiger partial charge is 0.0713 e. The molecule has 0 unspecified atom stereocenters. The maximum atomic E-state index is 5.10. The van der Waals surface area contributed by atoms with Gasteiger partial charge in [-0.15, -0.1) is 0 Å². The lowest BCUT2D eigenvalue weighted by Gasteiger charge is -2.04. The molecule has 1 aliphatic carbocycles. The molecule has 0 aromatic heterocycles. The number of methoxy groups -OCH3 is 1. The van der Waals surface area contributed by atoms with Crippen molar-refractivity contribution in [1.82, 2.24) is 5.32 Å². The van der Waals surface area contributed by atoms with Gasteiger partial charge in [0, 0.05) is 13.2 Å². The standard InChI is InChI=1S/C15H23NO/c1-17-12-14-7-5-13(6-8-14)4-2-3-11-16-15-9-10-15/h5-8,15-16H,2-4,9-12H2,1H3. The molecule has 0 spiro atoms. The minimum absolute atomic E-state index is 0.714. The molecule has 0 bridgehead atoms. The number of benzene rings is 1. The van der Waals surface area contributed by atoms with Crippen LogP contribution in [0.2, 0.25) is 0 Å². The van der Waals surface area contributed by atoms with E-state index in [1.807, 2.05) is 0 Å². The third kappa shape index (κ3) is 4.88. The van der Waals surface area contributed by atoms with Crippen molar-refractivity contribution in [2.24, 2.45) is 0 Å². The number of aryl methyl sites for hydroxylation is 1. The third-order valence-corrected chi connectivity index (χ3v) is 3.24. The molecule has 1 aromatic rings. The van der Waals surface area contributed by atoms with Crippen molar-refractivity contribution in [3.8, 4) is 0 Å². The molecule has 0 saturated heterocycles. The van der Waals surface area contributed by atoms with Gasteiger partial charge in [-0.1, -0.05) is 24.3 Å². The fourth-order valence-corrected chi connectivity index (χ4v) is 2.02. The molecule has 1 aliphatic rings. The second kappa shape index (κ2) is 6.77. The normalized spacial score (nSPS) is 15.1. The number of hydrogen-bond donors (Lipinski definition) is 1. The summed E-state index contributed by atoms with van der Waals surface area (Å²) in [6.45, 7) is 1.90. The summed E-state index contributed by atoms with van der Waals surface area (Å²) in [5.41, 5.74) is 2.70. The number of nitrogens with one attached hydrogen (secondary N) is 1. The summed E-state index contributed by atoms with van der Waals surface area (Å²) in [5, 5.41) is 3.55. The first kappa shape index (κ1) is 12.6. The van der Waals surface area contributed by atoms with E-state index in [0.717, 1.165) is 6.04 Å². The van der Waals surface area contributed by atoms with Gasteiger partial charge in [0.25, 0.3) is 0 Å². The maximum absolute atomic E-state index is 5.10. The van der Waals surface area contributed by atoms with Crippen LogP contribution < -0.4 is 5.32 Å². The Kier molecular flexibility index (Phi) is 5.02. The van der Waals surface area contributed by atoms with Crippen LogP contribution in [0.5, 0.6) is 0 Å². The van der Waals surface area contributed by atoms with E-state index in [2.05, 4.69) is 29.6 Å². The van der Waals surface area contributed by atoms with Crippen molar-refractivity contribution in [3.05, 3.63) is 35.4 Å². The van der Waals surface area contributed by atoms with Crippen LogP contribution in [0.25, 0.3) is 0 Å². The molecule has 0 atom stereocenters. The zero-order valence-corrected chi connectivity index (χ0v) is 10.7. The summed E-state index contributed by atoms with van der Waals surface area (Å²) in [6.07, 6.45) is 6.54. The summed E-state index contributed by atoms with van der Waals surface area (Å²) >= 11 is 0. The second-order valence-corrected chi connectivity index (χ2v) is 4.94. The quantitative estimate of drug-likeness (QED) is 0.697. The molecule has 2 nitrogen and oxygen atoms in total. The molecule has 2 heteroatoms. The first-order valence-electron chi connectivity index (χ1n) is 6.68. The van der Waals surface area contributed by atoms with E-state index < -0.39 is 0 Å². The van der Waals surface area contributed by atoms with Crippen LogP contribution in [0.4, 0.5) is 0 Å². The topological polar surface area (TPSA) is 21.3 Å². The fraction of sp³-hybridized carbons (Fsp3) is 0.600. The number of ether oxygens (including phenoxy) is 1. The molecule has 2 rings (SSSR count). The number of rotatable bonds is 8. The van der Waals surface area contributed by atoms with Gasteiger partial charge in [-0.25, -0.2) is 0 Å². The van der Waals surface area contributed by atoms with Crippen LogP contribution in [0.3, 0.4) is 0 Å². The first-order valence-corrected chi connectivity index (χ1v) is 6.68.